The summed E-state index contributed by atoms with van der Waals surface area (Å²) in [6.07, 6.45) is 7.10. The van der Waals surface area contributed by atoms with E-state index in [2.05, 4.69) is 10.5 Å². The zero-order valence-electron chi connectivity index (χ0n) is 11.4. The number of carbonyl (C=O) groups is 1. The third-order valence-corrected chi connectivity index (χ3v) is 3.37. The maximum absolute atomic E-state index is 11.6. The number of benzene rings is 1. The number of amides is 1. The Bertz CT molecular complexity index is 468. The van der Waals surface area contributed by atoms with Gasteiger partial charge in [-0.15, -0.1) is 0 Å². The van der Waals surface area contributed by atoms with Gasteiger partial charge in [-0.1, -0.05) is 36.6 Å². The van der Waals surface area contributed by atoms with Crippen LogP contribution in [0.25, 0.3) is 0 Å². The molecule has 2 rings (SSSR count). The highest BCUT2D eigenvalue weighted by Gasteiger charge is 2.15. The number of carbonyl (C=O) groups excluding carboxylic acids is 1. The Balaban J connectivity index is 1.70. The van der Waals surface area contributed by atoms with Crippen molar-refractivity contribution in [3.63, 3.8) is 0 Å². The first-order valence-corrected chi connectivity index (χ1v) is 6.98. The predicted octanol–water partition coefficient (Wildman–Crippen LogP) is 2.19. The summed E-state index contributed by atoms with van der Waals surface area (Å²) in [7, 11) is 0. The highest BCUT2D eigenvalue weighted by atomic mass is 16.6. The van der Waals surface area contributed by atoms with Crippen molar-refractivity contribution in [1.29, 1.82) is 0 Å². The molecule has 1 aromatic rings. The topological polar surface area (TPSA) is 70.9 Å². The van der Waals surface area contributed by atoms with Gasteiger partial charge in [-0.05, 0) is 25.0 Å². The van der Waals surface area contributed by atoms with E-state index in [0.29, 0.717) is 5.56 Å². The van der Waals surface area contributed by atoms with E-state index in [-0.39, 0.29) is 24.3 Å². The van der Waals surface area contributed by atoms with Crippen LogP contribution < -0.4 is 5.32 Å². The molecule has 20 heavy (non-hydrogen) atoms. The molecule has 0 aliphatic heterocycles. The molecule has 1 aromatic carbocycles. The molecule has 1 aliphatic rings. The Morgan fingerprint density at radius 3 is 2.85 bits per heavy atom. The second-order valence-corrected chi connectivity index (χ2v) is 4.97. The molecule has 0 heterocycles. The molecule has 1 amide bonds. The van der Waals surface area contributed by atoms with E-state index in [0.717, 1.165) is 12.8 Å². The molecule has 1 fully saturated rings. The standard InChI is InChI=1S/C15H20N2O3/c18-14-9-5-4-6-12(14)10-16-20-11-15(19)17-13-7-2-1-3-8-13/h4-6,9-10,13,18H,1-3,7-8,11H2,(H,17,19)/b16-10+. The number of aromatic hydroxyl groups is 1. The average molecular weight is 276 g/mol. The molecule has 0 unspecified atom stereocenters. The molecule has 0 spiro atoms. The molecule has 108 valence electrons. The fraction of sp³-hybridized carbons (Fsp3) is 0.467. The van der Waals surface area contributed by atoms with Gasteiger partial charge in [0.15, 0.2) is 6.61 Å². The van der Waals surface area contributed by atoms with Crippen molar-refractivity contribution in [3.8, 4) is 5.75 Å². The second-order valence-electron chi connectivity index (χ2n) is 4.97. The van der Waals surface area contributed by atoms with E-state index in [4.69, 9.17) is 4.84 Å². The number of para-hydroxylation sites is 1. The largest absolute Gasteiger partial charge is 0.507 e. The molecule has 5 nitrogen and oxygen atoms in total. The van der Waals surface area contributed by atoms with Crippen LogP contribution in [0.2, 0.25) is 0 Å². The fourth-order valence-electron chi connectivity index (χ4n) is 2.30. The Kier molecular flexibility index (Phi) is 5.41. The molecule has 0 bridgehead atoms. The van der Waals surface area contributed by atoms with Crippen molar-refractivity contribution in [2.75, 3.05) is 6.61 Å². The van der Waals surface area contributed by atoms with Crippen LogP contribution in [0.3, 0.4) is 0 Å². The van der Waals surface area contributed by atoms with E-state index in [1.54, 1.807) is 24.3 Å². The summed E-state index contributed by atoms with van der Waals surface area (Å²) in [5, 5.41) is 16.1. The van der Waals surface area contributed by atoms with Crippen molar-refractivity contribution in [3.05, 3.63) is 29.8 Å². The number of hydrogen-bond donors (Lipinski definition) is 2. The number of phenolic OH excluding ortho intramolecular Hbond substituents is 1. The van der Waals surface area contributed by atoms with Crippen molar-refractivity contribution < 1.29 is 14.7 Å². The van der Waals surface area contributed by atoms with Gasteiger partial charge in [0.1, 0.15) is 5.75 Å². The minimum atomic E-state index is -0.147. The van der Waals surface area contributed by atoms with Gasteiger partial charge in [0, 0.05) is 11.6 Å². The third-order valence-electron chi connectivity index (χ3n) is 3.37. The van der Waals surface area contributed by atoms with Crippen LogP contribution in [0, 0.1) is 0 Å². The Morgan fingerprint density at radius 1 is 1.35 bits per heavy atom. The van der Waals surface area contributed by atoms with E-state index >= 15 is 0 Å². The molecule has 1 aliphatic carbocycles. The van der Waals surface area contributed by atoms with E-state index in [1.165, 1.54) is 25.5 Å². The monoisotopic (exact) mass is 276 g/mol. The number of nitrogens with one attached hydrogen (secondary N) is 1. The molecule has 0 saturated heterocycles. The van der Waals surface area contributed by atoms with Gasteiger partial charge in [0.05, 0.1) is 6.21 Å². The smallest absolute Gasteiger partial charge is 0.260 e. The van der Waals surface area contributed by atoms with Crippen LogP contribution in [0.15, 0.2) is 29.4 Å². The Morgan fingerprint density at radius 2 is 2.10 bits per heavy atom. The van der Waals surface area contributed by atoms with Crippen molar-refractivity contribution >= 4 is 12.1 Å². The summed E-state index contributed by atoms with van der Waals surface area (Å²) in [5.74, 6) is -0.0159. The van der Waals surface area contributed by atoms with Gasteiger partial charge >= 0.3 is 0 Å². The second kappa shape index (κ2) is 7.53. The molecule has 0 radical (unpaired) electrons. The summed E-state index contributed by atoms with van der Waals surface area (Å²) in [6.45, 7) is -0.0966. The summed E-state index contributed by atoms with van der Waals surface area (Å²) < 4.78 is 0. The maximum atomic E-state index is 11.6. The van der Waals surface area contributed by atoms with Gasteiger partial charge in [0.25, 0.3) is 5.91 Å². The summed E-state index contributed by atoms with van der Waals surface area (Å²) in [6, 6.07) is 7.07. The highest BCUT2D eigenvalue weighted by molar-refractivity contribution is 5.83. The van der Waals surface area contributed by atoms with Crippen LogP contribution >= 0.6 is 0 Å². The number of phenols is 1. The summed E-state index contributed by atoms with van der Waals surface area (Å²) >= 11 is 0. The van der Waals surface area contributed by atoms with Crippen LogP contribution in [0.5, 0.6) is 5.75 Å². The number of nitrogens with zero attached hydrogens (tertiary/aromatic N) is 1. The molecule has 5 heteroatoms. The number of rotatable bonds is 5. The lowest BCUT2D eigenvalue weighted by Gasteiger charge is -2.22. The quantitative estimate of drug-likeness (QED) is 0.639. The SMILES string of the molecule is O=C(CO/N=C/c1ccccc1O)NC1CCCCC1. The van der Waals surface area contributed by atoms with E-state index < -0.39 is 0 Å². The van der Waals surface area contributed by atoms with Gasteiger partial charge in [-0.2, -0.15) is 0 Å². The zero-order chi connectivity index (χ0) is 14.2. The first kappa shape index (κ1) is 14.4. The summed E-state index contributed by atoms with van der Waals surface area (Å²) in [5.41, 5.74) is 0.556. The molecule has 0 atom stereocenters. The highest BCUT2D eigenvalue weighted by Crippen LogP contribution is 2.17. The maximum Gasteiger partial charge on any atom is 0.260 e. The van der Waals surface area contributed by atoms with E-state index in [9.17, 15) is 9.90 Å². The van der Waals surface area contributed by atoms with Gasteiger partial charge < -0.3 is 15.3 Å². The normalized spacial score (nSPS) is 16.2. The summed E-state index contributed by atoms with van der Waals surface area (Å²) in [4.78, 5) is 16.6. The lowest BCUT2D eigenvalue weighted by atomic mass is 9.95. The van der Waals surface area contributed by atoms with Gasteiger partial charge in [-0.3, -0.25) is 4.79 Å². The average Bonchev–Trinajstić information content (AvgIpc) is 2.46. The zero-order valence-corrected chi connectivity index (χ0v) is 11.4. The minimum Gasteiger partial charge on any atom is -0.507 e. The van der Waals surface area contributed by atoms with Crippen LogP contribution in [0.1, 0.15) is 37.7 Å². The number of oxime groups is 1. The lowest BCUT2D eigenvalue weighted by molar-refractivity contribution is -0.126. The van der Waals surface area contributed by atoms with Crippen LogP contribution in [-0.4, -0.2) is 29.9 Å². The lowest BCUT2D eigenvalue weighted by Crippen LogP contribution is -2.38. The number of hydrogen-bond acceptors (Lipinski definition) is 4. The van der Waals surface area contributed by atoms with Crippen molar-refractivity contribution in [2.45, 2.75) is 38.1 Å². The molecular weight excluding hydrogens is 256 g/mol. The van der Waals surface area contributed by atoms with Gasteiger partial charge in [0.2, 0.25) is 0 Å². The van der Waals surface area contributed by atoms with E-state index in [1.807, 2.05) is 0 Å². The minimum absolute atomic E-state index is 0.0966. The van der Waals surface area contributed by atoms with Gasteiger partial charge in [-0.25, -0.2) is 0 Å². The van der Waals surface area contributed by atoms with Crippen LogP contribution in [0.4, 0.5) is 0 Å². The first-order valence-electron chi connectivity index (χ1n) is 6.98. The third kappa shape index (κ3) is 4.57. The molecule has 0 aromatic heterocycles. The molecular formula is C15H20N2O3. The molecule has 1 saturated carbocycles. The predicted molar refractivity (Wildman–Crippen MR) is 76.7 cm³/mol. The Hall–Kier alpha value is -2.04. The Labute approximate surface area is 118 Å². The van der Waals surface area contributed by atoms with Crippen molar-refractivity contribution in [1.82, 2.24) is 5.32 Å². The fourth-order valence-corrected chi connectivity index (χ4v) is 2.30. The first-order chi connectivity index (χ1) is 9.75. The molecule has 2 N–H and O–H groups in total. The van der Waals surface area contributed by atoms with Crippen molar-refractivity contribution in [2.24, 2.45) is 5.16 Å². The van der Waals surface area contributed by atoms with Crippen LogP contribution in [-0.2, 0) is 9.63 Å².